The highest BCUT2D eigenvalue weighted by atomic mass is 28.4. The molecule has 0 aliphatic carbocycles. The Morgan fingerprint density at radius 1 is 0.689 bits per heavy atom. The number of amides is 1. The predicted octanol–water partition coefficient (Wildman–Crippen LogP) is 14.0. The number of ketones is 1. The first kappa shape index (κ1) is 60.7. The Hall–Kier alpha value is -5.89. The van der Waals surface area contributed by atoms with Crippen molar-refractivity contribution in [2.45, 2.75) is 155 Å². The minimum Gasteiger partial charge on any atom is -0.481 e. The number of rotatable bonds is 22. The molecule has 3 heterocycles. The molecule has 398 valence electrons. The molecule has 6 aromatic rings. The molecule has 1 aliphatic heterocycles. The molecule has 0 atom stereocenters. The fraction of sp³-hybridized carbons (Fsp3) is 0.435. The van der Waals surface area contributed by atoms with Gasteiger partial charge in [0.25, 0.3) is 5.91 Å². The zero-order chi connectivity index (χ0) is 54.1. The van der Waals surface area contributed by atoms with Crippen LogP contribution in [0.25, 0.3) is 44.1 Å². The molecule has 2 aromatic heterocycles. The van der Waals surface area contributed by atoms with Gasteiger partial charge in [-0.15, -0.1) is 0 Å². The molecule has 5 N–H and O–H groups in total. The van der Waals surface area contributed by atoms with E-state index < -0.39 is 14.3 Å². The number of fused-ring (bicyclic) bond motifs is 2. The first-order chi connectivity index (χ1) is 35.5. The molecule has 12 heteroatoms. The molecule has 1 amide bonds. The van der Waals surface area contributed by atoms with Crippen LogP contribution in [0.4, 0.5) is 0 Å². The Morgan fingerprint density at radius 3 is 1.62 bits per heavy atom. The van der Waals surface area contributed by atoms with Gasteiger partial charge in [0.05, 0.1) is 17.5 Å². The Labute approximate surface area is 442 Å². The molecular formula is C62H84N4O7Si. The van der Waals surface area contributed by atoms with Gasteiger partial charge in [-0.25, -0.2) is 0 Å². The number of aromatic nitrogens is 2. The van der Waals surface area contributed by atoms with Crippen molar-refractivity contribution in [2.24, 2.45) is 5.73 Å². The van der Waals surface area contributed by atoms with Gasteiger partial charge in [0.2, 0.25) is 0 Å². The second-order valence-electron chi connectivity index (χ2n) is 20.6. The fourth-order valence-electron chi connectivity index (χ4n) is 8.57. The van der Waals surface area contributed by atoms with Crippen LogP contribution in [0.2, 0.25) is 18.1 Å². The summed E-state index contributed by atoms with van der Waals surface area (Å²) in [6.45, 7) is 20.7. The number of nitrogens with zero attached hydrogens (tertiary/aromatic N) is 3. The zero-order valence-corrected chi connectivity index (χ0v) is 46.4. The summed E-state index contributed by atoms with van der Waals surface area (Å²) in [5, 5.41) is 30.3. The van der Waals surface area contributed by atoms with E-state index in [1.165, 1.54) is 44.9 Å². The lowest BCUT2D eigenvalue weighted by Crippen LogP contribution is -2.41. The number of carboxylic acid groups (broad SMARTS) is 1. The first-order valence-electron chi connectivity index (χ1n) is 26.8. The Morgan fingerprint density at radius 2 is 1.19 bits per heavy atom. The maximum Gasteiger partial charge on any atom is 0.307 e. The van der Waals surface area contributed by atoms with Gasteiger partial charge in [0, 0.05) is 61.3 Å². The smallest absolute Gasteiger partial charge is 0.307 e. The molecule has 0 unspecified atom stereocenters. The van der Waals surface area contributed by atoms with Gasteiger partial charge in [-0.2, -0.15) is 5.06 Å². The number of hydrogen-bond donors (Lipinski definition) is 4. The molecule has 0 spiro atoms. The van der Waals surface area contributed by atoms with Crippen molar-refractivity contribution < 1.29 is 34.2 Å². The van der Waals surface area contributed by atoms with Crippen molar-refractivity contribution in [1.29, 1.82) is 0 Å². The SMILES string of the molecule is C=C1CCC(=O)N1O.CC(C)(C)[Si](C)(C)OCCc1cccc2c(-c3ccccc3)c(CC(=O)O)cnc12.CCCCCCCC(=O)Cc1cnc2c(CCO)cccc2c1-c1ccccc1.CCCCCCN. The number of hydroxylamine groups is 2. The molecule has 0 bridgehead atoms. The second kappa shape index (κ2) is 31.1. The number of pyridine rings is 2. The maximum atomic E-state index is 12.7. The molecular weight excluding hydrogens is 941 g/mol. The van der Waals surface area contributed by atoms with Gasteiger partial charge in [0.1, 0.15) is 5.78 Å². The summed E-state index contributed by atoms with van der Waals surface area (Å²) in [5.41, 5.74) is 15.6. The lowest BCUT2D eigenvalue weighted by molar-refractivity contribution is -0.151. The largest absolute Gasteiger partial charge is 0.481 e. The van der Waals surface area contributed by atoms with E-state index >= 15 is 0 Å². The van der Waals surface area contributed by atoms with E-state index in [1.807, 2.05) is 79.0 Å². The Bertz CT molecular complexity index is 2680. The molecule has 7 rings (SSSR count). The number of carbonyl (C=O) groups excluding carboxylic acids is 2. The molecule has 1 aliphatic rings. The molecule has 0 radical (unpaired) electrons. The summed E-state index contributed by atoms with van der Waals surface area (Å²) in [6, 6.07) is 32.5. The van der Waals surface area contributed by atoms with E-state index in [0.717, 1.165) is 92.1 Å². The van der Waals surface area contributed by atoms with E-state index in [2.05, 4.69) is 83.5 Å². The van der Waals surface area contributed by atoms with Gasteiger partial charge < -0.3 is 20.4 Å². The number of hydrogen-bond acceptors (Lipinski definition) is 9. The quantitative estimate of drug-likeness (QED) is 0.0291. The number of carbonyl (C=O) groups is 3. The normalized spacial score (nSPS) is 12.4. The van der Waals surface area contributed by atoms with Crippen LogP contribution in [-0.2, 0) is 44.5 Å². The Kier molecular flexibility index (Phi) is 25.5. The number of carboxylic acids is 1. The number of para-hydroxylation sites is 2. The van der Waals surface area contributed by atoms with Gasteiger partial charge in [-0.05, 0) is 101 Å². The van der Waals surface area contributed by atoms with E-state index in [9.17, 15) is 24.6 Å². The topological polar surface area (TPSA) is 176 Å². The van der Waals surface area contributed by atoms with Gasteiger partial charge in [0.15, 0.2) is 8.32 Å². The number of benzene rings is 4. The third-order valence-corrected chi connectivity index (χ3v) is 18.3. The highest BCUT2D eigenvalue weighted by molar-refractivity contribution is 6.74. The predicted molar refractivity (Wildman–Crippen MR) is 306 cm³/mol. The van der Waals surface area contributed by atoms with Crippen molar-refractivity contribution in [3.63, 3.8) is 0 Å². The van der Waals surface area contributed by atoms with Crippen LogP contribution in [0.1, 0.15) is 134 Å². The first-order valence-corrected chi connectivity index (χ1v) is 29.7. The fourth-order valence-corrected chi connectivity index (χ4v) is 9.61. The zero-order valence-electron chi connectivity index (χ0n) is 45.4. The van der Waals surface area contributed by atoms with E-state index in [1.54, 1.807) is 6.20 Å². The maximum absolute atomic E-state index is 12.7. The minimum absolute atomic E-state index is 0.0497. The highest BCUT2D eigenvalue weighted by Gasteiger charge is 2.37. The lowest BCUT2D eigenvalue weighted by atomic mass is 9.91. The van der Waals surface area contributed by atoms with E-state index in [4.69, 9.17) is 20.4 Å². The highest BCUT2D eigenvalue weighted by Crippen LogP contribution is 2.38. The molecule has 74 heavy (non-hydrogen) atoms. The van der Waals surface area contributed by atoms with Gasteiger partial charge in [-0.1, -0.05) is 183 Å². The third-order valence-electron chi connectivity index (χ3n) is 13.8. The summed E-state index contributed by atoms with van der Waals surface area (Å²) in [6.07, 6.45) is 17.9. The standard InChI is InChI=1S/C26H31NO2.C25H31NO3Si.C6H15N.C5H7NO2/c1-2-3-4-5-9-14-23(29)18-22-19-27-26-21(16-17-28)13-10-15-24(26)25(22)20-11-7-6-8-12-20;1-25(2,3)30(4,5)29-15-14-19-12-9-13-21-23(18-10-7-6-8-11-18)20(16-22(27)28)17-26-24(19)21;1-2-3-4-5-6-7;1-4-2-3-5(7)6(4)8/h6-8,10-13,15,19,28H,2-5,9,14,16-18H2,1H3;6-13,17H,14-16H2,1-5H3,(H,27,28);2-7H2,1H3;8H,1-3H2. The molecule has 4 aromatic carbocycles. The number of unbranched alkanes of at least 4 members (excludes halogenated alkanes) is 7. The number of Topliss-reactive ketones (excluding diaryl/α,β-unsaturated/α-hetero) is 1. The van der Waals surface area contributed by atoms with Crippen LogP contribution in [0.15, 0.2) is 122 Å². The Balaban J connectivity index is 0.000000251. The van der Waals surface area contributed by atoms with Crippen molar-refractivity contribution in [3.8, 4) is 22.3 Å². The number of nitrogens with two attached hydrogens (primary N) is 1. The van der Waals surface area contributed by atoms with Crippen LogP contribution in [-0.4, -0.2) is 76.2 Å². The van der Waals surface area contributed by atoms with Crippen LogP contribution in [0, 0.1) is 0 Å². The number of allylic oxidation sites excluding steroid dienone is 1. The van der Waals surface area contributed by atoms with Gasteiger partial charge >= 0.3 is 5.97 Å². The monoisotopic (exact) mass is 1020 g/mol. The van der Waals surface area contributed by atoms with E-state index in [0.29, 0.717) is 49.5 Å². The molecule has 0 saturated carbocycles. The van der Waals surface area contributed by atoms with Crippen molar-refractivity contribution in [2.75, 3.05) is 19.8 Å². The van der Waals surface area contributed by atoms with Crippen LogP contribution in [0.5, 0.6) is 0 Å². The number of aliphatic carboxylic acids is 1. The number of aliphatic hydroxyl groups is 1. The van der Waals surface area contributed by atoms with Gasteiger partial charge in [-0.3, -0.25) is 29.6 Å². The average Bonchev–Trinajstić information content (AvgIpc) is 3.67. The summed E-state index contributed by atoms with van der Waals surface area (Å²) < 4.78 is 6.37. The van der Waals surface area contributed by atoms with E-state index in [-0.39, 0.29) is 29.8 Å². The van der Waals surface area contributed by atoms with Crippen molar-refractivity contribution >= 4 is 47.8 Å². The van der Waals surface area contributed by atoms with Crippen LogP contribution in [0.3, 0.4) is 0 Å². The minimum atomic E-state index is -1.80. The average molecular weight is 1030 g/mol. The lowest BCUT2D eigenvalue weighted by Gasteiger charge is -2.36. The van der Waals surface area contributed by atoms with Crippen LogP contribution >= 0.6 is 0 Å². The number of aliphatic hydroxyl groups excluding tert-OH is 1. The summed E-state index contributed by atoms with van der Waals surface area (Å²) >= 11 is 0. The van der Waals surface area contributed by atoms with Crippen molar-refractivity contribution in [3.05, 3.63) is 144 Å². The second-order valence-corrected chi connectivity index (χ2v) is 25.4. The molecule has 11 nitrogen and oxygen atoms in total. The van der Waals surface area contributed by atoms with Crippen molar-refractivity contribution in [1.82, 2.24) is 15.0 Å². The summed E-state index contributed by atoms with van der Waals surface area (Å²) in [4.78, 5) is 43.9. The molecule has 1 fully saturated rings. The third kappa shape index (κ3) is 18.5. The summed E-state index contributed by atoms with van der Waals surface area (Å²) in [7, 11) is -1.80. The summed E-state index contributed by atoms with van der Waals surface area (Å²) in [5.74, 6) is -0.825. The van der Waals surface area contributed by atoms with Crippen LogP contribution < -0.4 is 5.73 Å². The molecule has 1 saturated heterocycles.